The van der Waals surface area contributed by atoms with Crippen molar-refractivity contribution in [1.82, 2.24) is 15.6 Å². The van der Waals surface area contributed by atoms with Crippen LogP contribution >= 0.6 is 11.6 Å². The lowest BCUT2D eigenvalue weighted by Crippen LogP contribution is -2.44. The SMILES string of the molecule is CN=C(NCc1ccc(N2CCOCC2)c(F)c1)NC1CCN(c2ncccc2Cl)C1. The van der Waals surface area contributed by atoms with Gasteiger partial charge < -0.3 is 25.2 Å². The number of pyridine rings is 1. The van der Waals surface area contributed by atoms with E-state index in [1.807, 2.05) is 29.2 Å². The van der Waals surface area contributed by atoms with Crippen molar-refractivity contribution in [3.8, 4) is 0 Å². The molecule has 4 rings (SSSR count). The maximum absolute atomic E-state index is 14.6. The monoisotopic (exact) mass is 446 g/mol. The van der Waals surface area contributed by atoms with Gasteiger partial charge in [-0.1, -0.05) is 17.7 Å². The average Bonchev–Trinajstić information content (AvgIpc) is 3.26. The predicted molar refractivity (Wildman–Crippen MR) is 123 cm³/mol. The number of rotatable bonds is 5. The van der Waals surface area contributed by atoms with E-state index in [4.69, 9.17) is 16.3 Å². The molecule has 7 nitrogen and oxygen atoms in total. The quantitative estimate of drug-likeness (QED) is 0.544. The molecule has 166 valence electrons. The number of hydrogen-bond donors (Lipinski definition) is 2. The zero-order valence-electron chi connectivity index (χ0n) is 17.7. The highest BCUT2D eigenvalue weighted by Gasteiger charge is 2.25. The lowest BCUT2D eigenvalue weighted by atomic mass is 10.1. The molecule has 0 aliphatic carbocycles. The molecule has 2 aliphatic heterocycles. The van der Waals surface area contributed by atoms with Crippen molar-refractivity contribution in [3.05, 3.63) is 52.9 Å². The summed E-state index contributed by atoms with van der Waals surface area (Å²) in [4.78, 5) is 12.9. The van der Waals surface area contributed by atoms with Gasteiger partial charge in [0.1, 0.15) is 11.6 Å². The standard InChI is InChI=1S/C22H28ClFN6O/c1-25-22(28-17-6-8-30(15-17)21-18(23)3-2-7-26-21)27-14-16-4-5-20(19(24)13-16)29-9-11-31-12-10-29/h2-5,7,13,17H,6,8-12,14-15H2,1H3,(H2,25,27,28). The maximum atomic E-state index is 14.6. The molecule has 1 aromatic heterocycles. The Labute approximate surface area is 187 Å². The molecule has 2 aliphatic rings. The van der Waals surface area contributed by atoms with Crippen molar-refractivity contribution in [2.24, 2.45) is 4.99 Å². The Balaban J connectivity index is 1.30. The van der Waals surface area contributed by atoms with Crippen molar-refractivity contribution in [2.75, 3.05) is 56.2 Å². The largest absolute Gasteiger partial charge is 0.378 e. The fourth-order valence-corrected chi connectivity index (χ4v) is 4.22. The Kier molecular flexibility index (Phi) is 7.09. The van der Waals surface area contributed by atoms with Crippen LogP contribution in [0.15, 0.2) is 41.5 Å². The predicted octanol–water partition coefficient (Wildman–Crippen LogP) is 2.65. The summed E-state index contributed by atoms with van der Waals surface area (Å²) in [6.45, 7) is 4.86. The van der Waals surface area contributed by atoms with Gasteiger partial charge >= 0.3 is 0 Å². The summed E-state index contributed by atoms with van der Waals surface area (Å²) in [5.41, 5.74) is 1.50. The van der Waals surface area contributed by atoms with Crippen LogP contribution in [0, 0.1) is 5.82 Å². The first kappa shape index (κ1) is 21.6. The van der Waals surface area contributed by atoms with Gasteiger partial charge in [0, 0.05) is 52.0 Å². The van der Waals surface area contributed by atoms with E-state index in [9.17, 15) is 4.39 Å². The molecule has 1 aromatic carbocycles. The van der Waals surface area contributed by atoms with E-state index in [0.29, 0.717) is 49.5 Å². The zero-order chi connectivity index (χ0) is 21.6. The number of nitrogens with one attached hydrogen (secondary N) is 2. The van der Waals surface area contributed by atoms with Gasteiger partial charge in [-0.05, 0) is 36.2 Å². The summed E-state index contributed by atoms with van der Waals surface area (Å²) in [5.74, 6) is 1.30. The number of hydrogen-bond acceptors (Lipinski definition) is 5. The molecule has 0 amide bonds. The number of benzene rings is 1. The molecule has 0 saturated carbocycles. The topological polar surface area (TPSA) is 65.0 Å². The molecule has 2 N–H and O–H groups in total. The minimum atomic E-state index is -0.206. The molecule has 9 heteroatoms. The van der Waals surface area contributed by atoms with Crippen LogP contribution in [0.5, 0.6) is 0 Å². The van der Waals surface area contributed by atoms with Gasteiger partial charge in [0.2, 0.25) is 0 Å². The molecule has 1 unspecified atom stereocenters. The number of ether oxygens (including phenoxy) is 1. The Morgan fingerprint density at radius 2 is 2.10 bits per heavy atom. The number of halogens is 2. The lowest BCUT2D eigenvalue weighted by molar-refractivity contribution is 0.122. The molecule has 2 aromatic rings. The van der Waals surface area contributed by atoms with Crippen LogP contribution in [-0.4, -0.2) is 63.4 Å². The van der Waals surface area contributed by atoms with E-state index in [2.05, 4.69) is 25.5 Å². The van der Waals surface area contributed by atoms with Gasteiger partial charge in [-0.15, -0.1) is 0 Å². The van der Waals surface area contributed by atoms with Crippen LogP contribution in [0.25, 0.3) is 0 Å². The minimum absolute atomic E-state index is 0.206. The van der Waals surface area contributed by atoms with E-state index >= 15 is 0 Å². The highest BCUT2D eigenvalue weighted by molar-refractivity contribution is 6.32. The molecule has 0 radical (unpaired) electrons. The fourth-order valence-electron chi connectivity index (χ4n) is 3.98. The van der Waals surface area contributed by atoms with Crippen LogP contribution in [0.4, 0.5) is 15.9 Å². The molecule has 2 saturated heterocycles. The van der Waals surface area contributed by atoms with E-state index in [1.165, 1.54) is 0 Å². The smallest absolute Gasteiger partial charge is 0.191 e. The van der Waals surface area contributed by atoms with E-state index in [1.54, 1.807) is 19.3 Å². The van der Waals surface area contributed by atoms with Crippen molar-refractivity contribution in [1.29, 1.82) is 0 Å². The third kappa shape index (κ3) is 5.37. The van der Waals surface area contributed by atoms with Gasteiger partial charge in [-0.3, -0.25) is 4.99 Å². The molecule has 0 spiro atoms. The van der Waals surface area contributed by atoms with Gasteiger partial charge in [0.15, 0.2) is 5.96 Å². The van der Waals surface area contributed by atoms with Crippen LogP contribution in [-0.2, 0) is 11.3 Å². The Morgan fingerprint density at radius 1 is 1.26 bits per heavy atom. The second kappa shape index (κ2) is 10.2. The number of aromatic nitrogens is 1. The summed E-state index contributed by atoms with van der Waals surface area (Å²) in [7, 11) is 1.74. The lowest BCUT2D eigenvalue weighted by Gasteiger charge is -2.29. The van der Waals surface area contributed by atoms with Gasteiger partial charge in [0.05, 0.1) is 23.9 Å². The van der Waals surface area contributed by atoms with Gasteiger partial charge in [-0.2, -0.15) is 0 Å². The van der Waals surface area contributed by atoms with Crippen LogP contribution in [0.3, 0.4) is 0 Å². The number of aliphatic imine (C=N–C) groups is 1. The molecule has 3 heterocycles. The molecule has 2 fully saturated rings. The van der Waals surface area contributed by atoms with Crippen LogP contribution in [0.2, 0.25) is 5.02 Å². The zero-order valence-corrected chi connectivity index (χ0v) is 18.4. The average molecular weight is 447 g/mol. The van der Waals surface area contributed by atoms with Gasteiger partial charge in [-0.25, -0.2) is 9.37 Å². The second-order valence-electron chi connectivity index (χ2n) is 7.70. The molecular weight excluding hydrogens is 419 g/mol. The normalized spacial score (nSPS) is 19.6. The summed E-state index contributed by atoms with van der Waals surface area (Å²) >= 11 is 6.28. The summed E-state index contributed by atoms with van der Waals surface area (Å²) in [6, 6.07) is 9.30. The van der Waals surface area contributed by atoms with Crippen molar-refractivity contribution in [3.63, 3.8) is 0 Å². The minimum Gasteiger partial charge on any atom is -0.378 e. The van der Waals surface area contributed by atoms with E-state index < -0.39 is 0 Å². The molecule has 31 heavy (non-hydrogen) atoms. The number of nitrogens with zero attached hydrogens (tertiary/aromatic N) is 4. The van der Waals surface area contributed by atoms with E-state index in [0.717, 1.165) is 30.9 Å². The summed E-state index contributed by atoms with van der Waals surface area (Å²) < 4.78 is 20.0. The summed E-state index contributed by atoms with van der Waals surface area (Å²) in [6.07, 6.45) is 2.71. The number of morpholine rings is 1. The highest BCUT2D eigenvalue weighted by Crippen LogP contribution is 2.26. The van der Waals surface area contributed by atoms with Crippen molar-refractivity contribution >= 4 is 29.1 Å². The number of anilines is 2. The maximum Gasteiger partial charge on any atom is 0.191 e. The Bertz CT molecular complexity index is 921. The fraction of sp³-hybridized carbons (Fsp3) is 0.455. The number of guanidine groups is 1. The third-order valence-corrected chi connectivity index (χ3v) is 5.91. The molecular formula is C22H28ClFN6O. The highest BCUT2D eigenvalue weighted by atomic mass is 35.5. The Hall–Kier alpha value is -2.58. The molecule has 1 atom stereocenters. The van der Waals surface area contributed by atoms with Crippen LogP contribution in [0.1, 0.15) is 12.0 Å². The first-order chi connectivity index (χ1) is 15.1. The van der Waals surface area contributed by atoms with Crippen LogP contribution < -0.4 is 20.4 Å². The first-order valence-electron chi connectivity index (χ1n) is 10.6. The van der Waals surface area contributed by atoms with E-state index in [-0.39, 0.29) is 11.9 Å². The summed E-state index contributed by atoms with van der Waals surface area (Å²) in [5, 5.41) is 7.39. The molecule has 0 bridgehead atoms. The van der Waals surface area contributed by atoms with Crippen molar-refractivity contribution in [2.45, 2.75) is 19.0 Å². The van der Waals surface area contributed by atoms with Gasteiger partial charge in [0.25, 0.3) is 0 Å². The Morgan fingerprint density at radius 3 is 2.84 bits per heavy atom. The second-order valence-corrected chi connectivity index (χ2v) is 8.10. The first-order valence-corrected chi connectivity index (χ1v) is 11.0. The van der Waals surface area contributed by atoms with Crippen molar-refractivity contribution < 1.29 is 9.13 Å². The third-order valence-electron chi connectivity index (χ3n) is 5.62.